The van der Waals surface area contributed by atoms with E-state index in [0.717, 1.165) is 11.3 Å². The molecule has 0 spiro atoms. The van der Waals surface area contributed by atoms with Crippen LogP contribution in [-0.2, 0) is 6.61 Å². The second-order valence-corrected chi connectivity index (χ2v) is 3.47. The first kappa shape index (κ1) is 11.9. The second kappa shape index (κ2) is 5.64. The minimum atomic E-state index is 0.0993. The van der Waals surface area contributed by atoms with Crippen LogP contribution in [0.15, 0.2) is 36.5 Å². The van der Waals surface area contributed by atoms with Crippen molar-refractivity contribution in [1.82, 2.24) is 9.97 Å². The topological polar surface area (TPSA) is 68.0 Å². The number of ether oxygens (including phenoxy) is 2. The molecule has 0 amide bonds. The van der Waals surface area contributed by atoms with Crippen LogP contribution in [0.2, 0.25) is 0 Å². The Balaban J connectivity index is 2.00. The number of nitriles is 1. The Morgan fingerprint density at radius 3 is 2.67 bits per heavy atom. The van der Waals surface area contributed by atoms with Crippen molar-refractivity contribution in [2.75, 3.05) is 7.11 Å². The molecule has 0 saturated carbocycles. The van der Waals surface area contributed by atoms with Gasteiger partial charge in [0.2, 0.25) is 11.7 Å². The molecule has 5 nitrogen and oxygen atoms in total. The first-order valence-electron chi connectivity index (χ1n) is 5.30. The van der Waals surface area contributed by atoms with Crippen LogP contribution in [0.25, 0.3) is 0 Å². The van der Waals surface area contributed by atoms with Crippen LogP contribution in [0.1, 0.15) is 11.4 Å². The lowest BCUT2D eigenvalue weighted by Gasteiger charge is -2.05. The molecular formula is C13H11N3O2. The van der Waals surface area contributed by atoms with Crippen LogP contribution >= 0.6 is 0 Å². The summed E-state index contributed by atoms with van der Waals surface area (Å²) in [6.07, 6.45) is 1.49. The Morgan fingerprint density at radius 1 is 1.22 bits per heavy atom. The lowest BCUT2D eigenvalue weighted by atomic mass is 10.2. The van der Waals surface area contributed by atoms with Gasteiger partial charge in [0.15, 0.2) is 0 Å². The van der Waals surface area contributed by atoms with Gasteiger partial charge in [-0.05, 0) is 17.7 Å². The van der Waals surface area contributed by atoms with E-state index in [1.807, 2.05) is 30.3 Å². The van der Waals surface area contributed by atoms with E-state index in [9.17, 15) is 0 Å². The molecule has 1 aromatic heterocycles. The van der Waals surface area contributed by atoms with Crippen molar-refractivity contribution in [2.24, 2.45) is 0 Å². The third-order valence-corrected chi connectivity index (χ3v) is 2.28. The summed E-state index contributed by atoms with van der Waals surface area (Å²) in [5, 5.41) is 8.66. The molecule has 18 heavy (non-hydrogen) atoms. The lowest BCUT2D eigenvalue weighted by Crippen LogP contribution is -1.99. The van der Waals surface area contributed by atoms with Gasteiger partial charge in [0.25, 0.3) is 0 Å². The van der Waals surface area contributed by atoms with Gasteiger partial charge in [-0.15, -0.1) is 0 Å². The van der Waals surface area contributed by atoms with Gasteiger partial charge in [0, 0.05) is 12.3 Å². The zero-order valence-corrected chi connectivity index (χ0v) is 9.83. The molecule has 0 radical (unpaired) electrons. The maximum Gasteiger partial charge on any atom is 0.235 e. The zero-order chi connectivity index (χ0) is 12.8. The van der Waals surface area contributed by atoms with Gasteiger partial charge >= 0.3 is 0 Å². The molecule has 1 aromatic carbocycles. The van der Waals surface area contributed by atoms with Crippen LogP contribution < -0.4 is 9.47 Å². The van der Waals surface area contributed by atoms with Gasteiger partial charge in [-0.25, -0.2) is 4.98 Å². The van der Waals surface area contributed by atoms with Crippen LogP contribution in [-0.4, -0.2) is 17.1 Å². The Hall–Kier alpha value is -2.61. The summed E-state index contributed by atoms with van der Waals surface area (Å²) in [5.74, 6) is 1.28. The van der Waals surface area contributed by atoms with E-state index in [1.165, 1.54) is 6.20 Å². The van der Waals surface area contributed by atoms with Crippen LogP contribution in [0.4, 0.5) is 0 Å². The predicted octanol–water partition coefficient (Wildman–Crippen LogP) is 1.94. The van der Waals surface area contributed by atoms with Crippen molar-refractivity contribution in [3.8, 4) is 17.7 Å². The summed E-state index contributed by atoms with van der Waals surface area (Å²) in [6, 6.07) is 11.0. The summed E-state index contributed by atoms with van der Waals surface area (Å²) in [6.45, 7) is 0.381. The molecule has 1 heterocycles. The van der Waals surface area contributed by atoms with Gasteiger partial charge in [-0.3, -0.25) is 0 Å². The number of hydrogen-bond donors (Lipinski definition) is 0. The van der Waals surface area contributed by atoms with E-state index in [-0.39, 0.29) is 5.82 Å². The lowest BCUT2D eigenvalue weighted by molar-refractivity contribution is 0.292. The second-order valence-electron chi connectivity index (χ2n) is 3.47. The SMILES string of the molecule is COc1ccc(COc2ccnc(C#N)n2)cc1. The summed E-state index contributed by atoms with van der Waals surface area (Å²) in [5.41, 5.74) is 0.993. The monoisotopic (exact) mass is 241 g/mol. The van der Waals surface area contributed by atoms with Crippen molar-refractivity contribution in [3.63, 3.8) is 0 Å². The average molecular weight is 241 g/mol. The Kier molecular flexibility index (Phi) is 3.72. The molecule has 0 aliphatic carbocycles. The molecule has 0 aliphatic rings. The standard InChI is InChI=1S/C13H11N3O2/c1-17-11-4-2-10(3-5-11)9-18-13-6-7-15-12(8-14)16-13/h2-7H,9H2,1H3. The van der Waals surface area contributed by atoms with E-state index in [1.54, 1.807) is 13.2 Å². The van der Waals surface area contributed by atoms with Gasteiger partial charge < -0.3 is 9.47 Å². The maximum atomic E-state index is 8.66. The fraction of sp³-hybridized carbons (Fsp3) is 0.154. The molecule has 0 aliphatic heterocycles. The molecule has 0 atom stereocenters. The molecule has 0 unspecified atom stereocenters. The Bertz CT molecular complexity index is 561. The highest BCUT2D eigenvalue weighted by molar-refractivity contribution is 5.27. The summed E-state index contributed by atoms with van der Waals surface area (Å²) in [4.78, 5) is 7.69. The quantitative estimate of drug-likeness (QED) is 0.818. The predicted molar refractivity (Wildman–Crippen MR) is 64.1 cm³/mol. The maximum absolute atomic E-state index is 8.66. The molecule has 90 valence electrons. The van der Waals surface area contributed by atoms with Crippen LogP contribution in [0, 0.1) is 11.3 Å². The zero-order valence-electron chi connectivity index (χ0n) is 9.83. The van der Waals surface area contributed by atoms with E-state index in [0.29, 0.717) is 12.5 Å². The van der Waals surface area contributed by atoms with E-state index < -0.39 is 0 Å². The van der Waals surface area contributed by atoms with Crippen molar-refractivity contribution in [1.29, 1.82) is 5.26 Å². The first-order valence-corrected chi connectivity index (χ1v) is 5.30. The number of benzene rings is 1. The van der Waals surface area contributed by atoms with Crippen molar-refractivity contribution in [3.05, 3.63) is 47.9 Å². The third kappa shape index (κ3) is 2.95. The molecule has 5 heteroatoms. The van der Waals surface area contributed by atoms with E-state index in [2.05, 4.69) is 9.97 Å². The van der Waals surface area contributed by atoms with Crippen LogP contribution in [0.5, 0.6) is 11.6 Å². The van der Waals surface area contributed by atoms with E-state index in [4.69, 9.17) is 14.7 Å². The smallest absolute Gasteiger partial charge is 0.235 e. The molecule has 2 aromatic rings. The van der Waals surface area contributed by atoms with Gasteiger partial charge in [0.1, 0.15) is 18.4 Å². The van der Waals surface area contributed by atoms with Gasteiger partial charge in [-0.1, -0.05) is 12.1 Å². The fourth-order valence-corrected chi connectivity index (χ4v) is 1.36. The normalized spacial score (nSPS) is 9.56. The highest BCUT2D eigenvalue weighted by Gasteiger charge is 2.00. The fourth-order valence-electron chi connectivity index (χ4n) is 1.36. The number of hydrogen-bond acceptors (Lipinski definition) is 5. The molecule has 0 saturated heterocycles. The third-order valence-electron chi connectivity index (χ3n) is 2.28. The largest absolute Gasteiger partial charge is 0.497 e. The van der Waals surface area contributed by atoms with Gasteiger partial charge in [-0.2, -0.15) is 10.2 Å². The summed E-state index contributed by atoms with van der Waals surface area (Å²) in [7, 11) is 1.62. The summed E-state index contributed by atoms with van der Waals surface area (Å²) >= 11 is 0. The van der Waals surface area contributed by atoms with Crippen molar-refractivity contribution < 1.29 is 9.47 Å². The average Bonchev–Trinajstić information content (AvgIpc) is 2.46. The van der Waals surface area contributed by atoms with E-state index >= 15 is 0 Å². The first-order chi connectivity index (χ1) is 8.81. The summed E-state index contributed by atoms with van der Waals surface area (Å²) < 4.78 is 10.5. The molecule has 0 bridgehead atoms. The van der Waals surface area contributed by atoms with Gasteiger partial charge in [0.05, 0.1) is 7.11 Å². The molecule has 2 rings (SSSR count). The molecule has 0 N–H and O–H groups in total. The van der Waals surface area contributed by atoms with Crippen LogP contribution in [0.3, 0.4) is 0 Å². The Labute approximate surface area is 105 Å². The number of nitrogens with zero attached hydrogens (tertiary/aromatic N) is 3. The highest BCUT2D eigenvalue weighted by Crippen LogP contribution is 2.13. The van der Waals surface area contributed by atoms with Crippen molar-refractivity contribution in [2.45, 2.75) is 6.61 Å². The molecular weight excluding hydrogens is 230 g/mol. The highest BCUT2D eigenvalue weighted by atomic mass is 16.5. The minimum absolute atomic E-state index is 0.0993. The minimum Gasteiger partial charge on any atom is -0.497 e. The number of rotatable bonds is 4. The Morgan fingerprint density at radius 2 is 2.00 bits per heavy atom. The molecule has 0 fully saturated rings. The van der Waals surface area contributed by atoms with Crippen molar-refractivity contribution >= 4 is 0 Å². The number of methoxy groups -OCH3 is 1. The number of aromatic nitrogens is 2.